The first-order valence-electron chi connectivity index (χ1n) is 9.92. The Morgan fingerprint density at radius 3 is 2.52 bits per heavy atom. The summed E-state index contributed by atoms with van der Waals surface area (Å²) in [5.74, 6) is -0.527. The van der Waals surface area contributed by atoms with Crippen molar-refractivity contribution < 1.29 is 22.8 Å². The molecular weight excluding hydrogens is 435 g/mol. The Bertz CT molecular complexity index is 1360. The molecule has 5 rings (SSSR count). The fraction of sp³-hybridized carbons (Fsp3) is 0.0870. The Morgan fingerprint density at radius 2 is 1.76 bits per heavy atom. The van der Waals surface area contributed by atoms with E-state index in [1.807, 2.05) is 12.1 Å². The van der Waals surface area contributed by atoms with Crippen LogP contribution in [0.25, 0.3) is 11.0 Å². The van der Waals surface area contributed by atoms with Crippen molar-refractivity contribution in [2.75, 3.05) is 21.7 Å². The maximum atomic E-state index is 13.0. The van der Waals surface area contributed by atoms with Crippen molar-refractivity contribution in [3.05, 3.63) is 78.6 Å². The van der Waals surface area contributed by atoms with Gasteiger partial charge in [0.05, 0.1) is 16.9 Å². The lowest BCUT2D eigenvalue weighted by Crippen LogP contribution is -2.33. The third kappa shape index (κ3) is 3.75. The fourth-order valence-electron chi connectivity index (χ4n) is 3.73. The van der Waals surface area contributed by atoms with Gasteiger partial charge in [-0.15, -0.1) is 0 Å². The number of pyridine rings is 1. The second-order valence-electron chi connectivity index (χ2n) is 7.42. The quantitative estimate of drug-likeness (QED) is 0.413. The van der Waals surface area contributed by atoms with Crippen LogP contribution in [0.15, 0.2) is 73.1 Å². The van der Waals surface area contributed by atoms with E-state index in [1.54, 1.807) is 36.7 Å². The van der Waals surface area contributed by atoms with E-state index in [0.29, 0.717) is 5.69 Å². The molecule has 3 amide bonds. The molecule has 4 aromatic rings. The maximum Gasteiger partial charge on any atom is 0.416 e. The van der Waals surface area contributed by atoms with Crippen molar-refractivity contribution in [3.8, 4) is 0 Å². The van der Waals surface area contributed by atoms with Gasteiger partial charge in [0.25, 0.3) is 5.91 Å². The second-order valence-corrected chi connectivity index (χ2v) is 7.42. The van der Waals surface area contributed by atoms with Gasteiger partial charge in [-0.05, 0) is 54.6 Å². The smallest absolute Gasteiger partial charge is 0.355 e. The first-order valence-corrected chi connectivity index (χ1v) is 9.92. The molecule has 10 heteroatoms. The molecule has 0 spiro atoms. The Labute approximate surface area is 185 Å². The number of anilines is 4. The lowest BCUT2D eigenvalue weighted by molar-refractivity contribution is -0.137. The number of nitrogens with one attached hydrogen (secondary N) is 2. The number of imide groups is 1. The SMILES string of the molecule is O=C1CN(c2cccc(C(F)(F)F)c2)C(=O)N1c1ccc(Nc2ccnc3[nH]ccc23)cc1. The summed E-state index contributed by atoms with van der Waals surface area (Å²) in [6.07, 6.45) is -1.10. The third-order valence-electron chi connectivity index (χ3n) is 5.31. The number of carbonyl (C=O) groups excluding carboxylic acids is 2. The van der Waals surface area contributed by atoms with Gasteiger partial charge < -0.3 is 10.3 Å². The number of nitrogens with zero attached hydrogens (tertiary/aromatic N) is 3. The van der Waals surface area contributed by atoms with E-state index in [4.69, 9.17) is 0 Å². The van der Waals surface area contributed by atoms with Crippen LogP contribution in [0.2, 0.25) is 0 Å². The van der Waals surface area contributed by atoms with Crippen molar-refractivity contribution in [1.82, 2.24) is 9.97 Å². The fourth-order valence-corrected chi connectivity index (χ4v) is 3.73. The highest BCUT2D eigenvalue weighted by Gasteiger charge is 2.39. The zero-order valence-corrected chi connectivity index (χ0v) is 16.9. The summed E-state index contributed by atoms with van der Waals surface area (Å²) in [5, 5.41) is 4.17. The number of carbonyl (C=O) groups is 2. The van der Waals surface area contributed by atoms with E-state index >= 15 is 0 Å². The standard InChI is InChI=1S/C23H16F3N5O2/c24-23(25,26)14-2-1-3-17(12-14)30-13-20(32)31(22(30)33)16-6-4-15(5-7-16)29-19-9-11-28-21-18(19)8-10-27-21/h1-12H,13H2,(H2,27,28,29). The summed E-state index contributed by atoms with van der Waals surface area (Å²) < 4.78 is 39.1. The highest BCUT2D eigenvalue weighted by Crippen LogP contribution is 2.34. The molecule has 2 N–H and O–H groups in total. The number of aromatic nitrogens is 2. The van der Waals surface area contributed by atoms with Crippen LogP contribution in [0.3, 0.4) is 0 Å². The van der Waals surface area contributed by atoms with Crippen molar-refractivity contribution in [2.45, 2.75) is 6.18 Å². The predicted molar refractivity (Wildman–Crippen MR) is 117 cm³/mol. The van der Waals surface area contributed by atoms with Gasteiger partial charge in [0.1, 0.15) is 12.2 Å². The van der Waals surface area contributed by atoms with Crippen LogP contribution < -0.4 is 15.1 Å². The Hall–Kier alpha value is -4.34. The lowest BCUT2D eigenvalue weighted by atomic mass is 10.2. The first kappa shape index (κ1) is 20.6. The lowest BCUT2D eigenvalue weighted by Gasteiger charge is -2.18. The number of halogens is 3. The van der Waals surface area contributed by atoms with E-state index in [2.05, 4.69) is 15.3 Å². The maximum absolute atomic E-state index is 13.0. The van der Waals surface area contributed by atoms with E-state index < -0.39 is 23.7 Å². The van der Waals surface area contributed by atoms with E-state index in [1.165, 1.54) is 12.1 Å². The molecule has 0 saturated carbocycles. The number of fused-ring (bicyclic) bond motifs is 1. The summed E-state index contributed by atoms with van der Waals surface area (Å²) >= 11 is 0. The molecule has 166 valence electrons. The van der Waals surface area contributed by atoms with Crippen molar-refractivity contribution in [2.24, 2.45) is 0 Å². The average Bonchev–Trinajstić information content (AvgIpc) is 3.39. The highest BCUT2D eigenvalue weighted by molar-refractivity contribution is 6.27. The number of hydrogen-bond acceptors (Lipinski definition) is 4. The molecule has 3 heterocycles. The van der Waals surface area contributed by atoms with Crippen molar-refractivity contribution >= 4 is 45.7 Å². The monoisotopic (exact) mass is 451 g/mol. The molecule has 0 radical (unpaired) electrons. The van der Waals surface area contributed by atoms with Gasteiger partial charge >= 0.3 is 12.2 Å². The van der Waals surface area contributed by atoms with Crippen LogP contribution in [-0.4, -0.2) is 28.5 Å². The van der Waals surface area contributed by atoms with Crippen molar-refractivity contribution in [1.29, 1.82) is 0 Å². The van der Waals surface area contributed by atoms with Gasteiger partial charge in [-0.1, -0.05) is 6.07 Å². The molecule has 1 aliphatic rings. The summed E-state index contributed by atoms with van der Waals surface area (Å²) in [5.41, 5.74) is 1.74. The summed E-state index contributed by atoms with van der Waals surface area (Å²) in [6.45, 7) is -0.345. The number of alkyl halides is 3. The summed E-state index contributed by atoms with van der Waals surface area (Å²) in [6, 6.07) is 14.0. The van der Waals surface area contributed by atoms with Crippen LogP contribution >= 0.6 is 0 Å². The molecule has 0 unspecified atom stereocenters. The van der Waals surface area contributed by atoms with Crippen LogP contribution in [0.1, 0.15) is 5.56 Å². The van der Waals surface area contributed by atoms with Crippen molar-refractivity contribution in [3.63, 3.8) is 0 Å². The topological polar surface area (TPSA) is 81.3 Å². The zero-order valence-electron chi connectivity index (χ0n) is 16.9. The molecule has 1 fully saturated rings. The van der Waals surface area contributed by atoms with Gasteiger partial charge in [-0.25, -0.2) is 14.7 Å². The molecule has 0 atom stereocenters. The summed E-state index contributed by atoms with van der Waals surface area (Å²) in [7, 11) is 0. The van der Waals surface area contributed by atoms with Gasteiger partial charge in [0.15, 0.2) is 0 Å². The molecule has 2 aromatic heterocycles. The number of hydrogen-bond donors (Lipinski definition) is 2. The van der Waals surface area contributed by atoms with E-state index in [-0.39, 0.29) is 12.2 Å². The van der Waals surface area contributed by atoms with Crippen LogP contribution in [0, 0.1) is 0 Å². The van der Waals surface area contributed by atoms with Gasteiger partial charge in [-0.2, -0.15) is 13.2 Å². The molecular formula is C23H16F3N5O2. The number of benzene rings is 2. The largest absolute Gasteiger partial charge is 0.416 e. The molecule has 33 heavy (non-hydrogen) atoms. The minimum Gasteiger partial charge on any atom is -0.355 e. The van der Waals surface area contributed by atoms with Crippen LogP contribution in [-0.2, 0) is 11.0 Å². The van der Waals surface area contributed by atoms with Gasteiger partial charge in [0, 0.05) is 29.2 Å². The number of aromatic amines is 1. The molecule has 0 aliphatic carbocycles. The van der Waals surface area contributed by atoms with E-state index in [9.17, 15) is 22.8 Å². The van der Waals surface area contributed by atoms with Gasteiger partial charge in [-0.3, -0.25) is 9.69 Å². The number of urea groups is 1. The van der Waals surface area contributed by atoms with Crippen LogP contribution in [0.5, 0.6) is 0 Å². The Kier molecular flexibility index (Phi) is 4.77. The minimum atomic E-state index is -4.55. The molecule has 2 aromatic carbocycles. The molecule has 1 saturated heterocycles. The highest BCUT2D eigenvalue weighted by atomic mass is 19.4. The Balaban J connectivity index is 1.37. The number of rotatable bonds is 4. The molecule has 0 bridgehead atoms. The molecule has 7 nitrogen and oxygen atoms in total. The number of H-pyrrole nitrogens is 1. The first-order chi connectivity index (χ1) is 15.8. The zero-order chi connectivity index (χ0) is 23.2. The molecule has 1 aliphatic heterocycles. The second kappa shape index (κ2) is 7.66. The third-order valence-corrected chi connectivity index (χ3v) is 5.31. The van der Waals surface area contributed by atoms with Gasteiger partial charge in [0.2, 0.25) is 0 Å². The number of amides is 3. The van der Waals surface area contributed by atoms with Crippen LogP contribution in [0.4, 0.5) is 40.7 Å². The average molecular weight is 451 g/mol. The minimum absolute atomic E-state index is 0.0113. The Morgan fingerprint density at radius 1 is 0.970 bits per heavy atom. The van der Waals surface area contributed by atoms with E-state index in [0.717, 1.165) is 44.3 Å². The normalized spacial score (nSPS) is 14.4. The summed E-state index contributed by atoms with van der Waals surface area (Å²) in [4.78, 5) is 34.7. The predicted octanol–water partition coefficient (Wildman–Crippen LogP) is 5.30.